The maximum absolute atomic E-state index is 12.5. The third-order valence-corrected chi connectivity index (χ3v) is 6.25. The van der Waals surface area contributed by atoms with Crippen LogP contribution in [0.15, 0.2) is 58.6 Å². The van der Waals surface area contributed by atoms with Crippen molar-refractivity contribution in [1.82, 2.24) is 4.90 Å². The summed E-state index contributed by atoms with van der Waals surface area (Å²) in [4.78, 5) is 13.3. The van der Waals surface area contributed by atoms with Crippen LogP contribution in [0.4, 0.5) is 13.2 Å². The Morgan fingerprint density at radius 2 is 2.06 bits per heavy atom. The molecule has 1 atom stereocenters. The fourth-order valence-electron chi connectivity index (χ4n) is 4.42. The Bertz CT molecular complexity index is 880. The minimum Gasteiger partial charge on any atom is -0.481 e. The van der Waals surface area contributed by atoms with Gasteiger partial charge in [-0.15, -0.1) is 13.2 Å². The van der Waals surface area contributed by atoms with Crippen molar-refractivity contribution >= 4 is 5.97 Å². The first-order chi connectivity index (χ1) is 17.0. The second-order valence-electron chi connectivity index (χ2n) is 9.77. The summed E-state index contributed by atoms with van der Waals surface area (Å²) in [7, 11) is 0. The van der Waals surface area contributed by atoms with Crippen molar-refractivity contribution in [2.45, 2.75) is 78.5 Å². The molecule has 1 saturated heterocycles. The van der Waals surface area contributed by atoms with E-state index >= 15 is 0 Å². The van der Waals surface area contributed by atoms with Gasteiger partial charge in [0.15, 0.2) is 0 Å². The van der Waals surface area contributed by atoms with E-state index in [-0.39, 0.29) is 12.2 Å². The van der Waals surface area contributed by atoms with Crippen LogP contribution >= 0.6 is 0 Å². The van der Waals surface area contributed by atoms with Gasteiger partial charge in [0.05, 0.1) is 13.2 Å². The average Bonchev–Trinajstić information content (AvgIpc) is 2.77. The maximum Gasteiger partial charge on any atom is 0.573 e. The Morgan fingerprint density at radius 3 is 2.75 bits per heavy atom. The molecular weight excluding hydrogens is 471 g/mol. The molecule has 0 spiro atoms. The van der Waals surface area contributed by atoms with Crippen molar-refractivity contribution < 1.29 is 32.5 Å². The lowest BCUT2D eigenvalue weighted by atomic mass is 9.91. The molecule has 8 heteroatoms. The van der Waals surface area contributed by atoms with Gasteiger partial charge in [-0.3, -0.25) is 4.79 Å². The Hall–Kier alpha value is -2.48. The molecule has 1 N–H and O–H groups in total. The van der Waals surface area contributed by atoms with E-state index in [2.05, 4.69) is 34.8 Å². The van der Waals surface area contributed by atoms with E-state index in [1.165, 1.54) is 17.3 Å². The van der Waals surface area contributed by atoms with Crippen molar-refractivity contribution in [2.24, 2.45) is 5.92 Å². The van der Waals surface area contributed by atoms with Crippen molar-refractivity contribution in [1.29, 1.82) is 0 Å². The number of rotatable bonds is 12. The molecule has 0 saturated carbocycles. The van der Waals surface area contributed by atoms with E-state index in [0.29, 0.717) is 37.5 Å². The monoisotopic (exact) mass is 511 g/mol. The molecule has 0 amide bonds. The number of halogens is 3. The minimum absolute atomic E-state index is 0.192. The van der Waals surface area contributed by atoms with E-state index in [0.717, 1.165) is 50.8 Å². The van der Waals surface area contributed by atoms with Crippen LogP contribution in [0, 0.1) is 5.92 Å². The van der Waals surface area contributed by atoms with Gasteiger partial charge in [0, 0.05) is 25.2 Å². The molecule has 1 aliphatic heterocycles. The molecular formula is C28H40F3NO4. The number of hydrogen-bond donors (Lipinski definition) is 1. The predicted molar refractivity (Wildman–Crippen MR) is 135 cm³/mol. The SMILES string of the molecule is CC(C)=C(/C=C\CCOCC1=C/CC/C(C)=C/C(N2CCC[C@@H](CCCC(=O)O)C2)=C\1)OC(F)(F)F. The number of allylic oxidation sites excluding steroid dienone is 5. The smallest absolute Gasteiger partial charge is 0.481 e. The largest absolute Gasteiger partial charge is 0.573 e. The molecule has 0 aromatic carbocycles. The quantitative estimate of drug-likeness (QED) is 0.169. The molecule has 0 aromatic heterocycles. The van der Waals surface area contributed by atoms with Gasteiger partial charge in [-0.25, -0.2) is 0 Å². The lowest BCUT2D eigenvalue weighted by Crippen LogP contribution is -2.34. The standard InChI is InChI=1S/C28H40F3NO4/c1-21(2)26(36-28(29,30)31)13-4-5-16-35-20-24-11-6-9-22(3)17-25(18-24)32-15-8-12-23(19-32)10-7-14-27(33)34/h4,11,13,17-18,23H,5-10,12,14-16,19-20H2,1-3H3,(H,33,34)/b13-4-,22-17+,24-11+,25-18+/t23-/m1/s1. The number of nitrogens with zero attached hydrogens (tertiary/aromatic N) is 1. The molecule has 1 aliphatic carbocycles. The summed E-state index contributed by atoms with van der Waals surface area (Å²) in [6.45, 7) is 8.04. The second kappa shape index (κ2) is 14.9. The van der Waals surface area contributed by atoms with Gasteiger partial charge < -0.3 is 19.5 Å². The number of carbonyl (C=O) groups is 1. The molecule has 1 fully saturated rings. The number of piperidine rings is 1. The van der Waals surface area contributed by atoms with Crippen LogP contribution in [-0.2, 0) is 14.3 Å². The third kappa shape index (κ3) is 12.0. The van der Waals surface area contributed by atoms with Crippen LogP contribution in [0.25, 0.3) is 0 Å². The first kappa shape index (κ1) is 29.7. The highest BCUT2D eigenvalue weighted by Crippen LogP contribution is 2.28. The van der Waals surface area contributed by atoms with Gasteiger partial charge in [-0.1, -0.05) is 17.7 Å². The Morgan fingerprint density at radius 1 is 1.28 bits per heavy atom. The Balaban J connectivity index is 1.92. The van der Waals surface area contributed by atoms with Gasteiger partial charge in [-0.2, -0.15) is 0 Å². The first-order valence-electron chi connectivity index (χ1n) is 12.8. The zero-order valence-corrected chi connectivity index (χ0v) is 21.7. The highest BCUT2D eigenvalue weighted by Gasteiger charge is 2.31. The van der Waals surface area contributed by atoms with Gasteiger partial charge in [-0.05, 0) is 101 Å². The lowest BCUT2D eigenvalue weighted by molar-refractivity contribution is -0.303. The molecule has 36 heavy (non-hydrogen) atoms. The third-order valence-electron chi connectivity index (χ3n) is 6.25. The molecule has 2 aliphatic rings. The molecule has 5 nitrogen and oxygen atoms in total. The lowest BCUT2D eigenvalue weighted by Gasteiger charge is -2.36. The second-order valence-corrected chi connectivity index (χ2v) is 9.77. The Kier molecular flexibility index (Phi) is 12.3. The van der Waals surface area contributed by atoms with Crippen LogP contribution in [0.2, 0.25) is 0 Å². The number of carboxylic acid groups (broad SMARTS) is 1. The number of aliphatic carboxylic acids is 1. The fourth-order valence-corrected chi connectivity index (χ4v) is 4.42. The zero-order valence-electron chi connectivity index (χ0n) is 21.7. The first-order valence-corrected chi connectivity index (χ1v) is 12.8. The highest BCUT2D eigenvalue weighted by molar-refractivity contribution is 5.66. The summed E-state index contributed by atoms with van der Waals surface area (Å²) in [5, 5.41) is 8.92. The minimum atomic E-state index is -4.71. The Labute approximate surface area is 213 Å². The molecule has 2 rings (SSSR count). The van der Waals surface area contributed by atoms with Crippen molar-refractivity contribution in [3.63, 3.8) is 0 Å². The molecule has 0 bridgehead atoms. The number of hydrogen-bond acceptors (Lipinski definition) is 4. The van der Waals surface area contributed by atoms with Crippen molar-refractivity contribution in [3.8, 4) is 0 Å². The van der Waals surface area contributed by atoms with Gasteiger partial charge in [0.25, 0.3) is 0 Å². The van der Waals surface area contributed by atoms with E-state index in [1.807, 2.05) is 0 Å². The molecule has 1 heterocycles. The fraction of sp³-hybridized carbons (Fsp3) is 0.607. The molecule has 202 valence electrons. The highest BCUT2D eigenvalue weighted by atomic mass is 19.4. The van der Waals surface area contributed by atoms with Gasteiger partial charge in [0.2, 0.25) is 0 Å². The van der Waals surface area contributed by atoms with Crippen LogP contribution in [0.5, 0.6) is 0 Å². The van der Waals surface area contributed by atoms with E-state index < -0.39 is 12.3 Å². The topological polar surface area (TPSA) is 59.0 Å². The van der Waals surface area contributed by atoms with E-state index in [4.69, 9.17) is 9.84 Å². The molecule has 0 aromatic rings. The number of carboxylic acids is 1. The van der Waals surface area contributed by atoms with Crippen LogP contribution in [-0.4, -0.2) is 48.6 Å². The predicted octanol–water partition coefficient (Wildman–Crippen LogP) is 7.30. The number of likely N-dealkylation sites (tertiary alicyclic amines) is 1. The van der Waals surface area contributed by atoms with Gasteiger partial charge >= 0.3 is 12.3 Å². The van der Waals surface area contributed by atoms with Crippen LogP contribution in [0.3, 0.4) is 0 Å². The molecule has 0 radical (unpaired) electrons. The summed E-state index contributed by atoms with van der Waals surface area (Å²) < 4.78 is 47.4. The number of ether oxygens (including phenoxy) is 2. The zero-order chi connectivity index (χ0) is 26.6. The van der Waals surface area contributed by atoms with Crippen LogP contribution in [0.1, 0.15) is 72.1 Å². The van der Waals surface area contributed by atoms with Crippen molar-refractivity contribution in [2.75, 3.05) is 26.3 Å². The van der Waals surface area contributed by atoms with Gasteiger partial charge in [0.1, 0.15) is 5.76 Å². The van der Waals surface area contributed by atoms with E-state index in [9.17, 15) is 18.0 Å². The van der Waals surface area contributed by atoms with E-state index in [1.54, 1.807) is 19.9 Å². The summed E-state index contributed by atoms with van der Waals surface area (Å²) >= 11 is 0. The normalized spacial score (nSPS) is 23.6. The van der Waals surface area contributed by atoms with Crippen LogP contribution < -0.4 is 0 Å². The molecule has 0 unspecified atom stereocenters. The summed E-state index contributed by atoms with van der Waals surface area (Å²) in [6, 6.07) is 0. The summed E-state index contributed by atoms with van der Waals surface area (Å²) in [5.74, 6) is -0.426. The van der Waals surface area contributed by atoms with Crippen molar-refractivity contribution in [3.05, 3.63) is 58.6 Å². The average molecular weight is 512 g/mol. The number of alkyl halides is 3. The summed E-state index contributed by atoms with van der Waals surface area (Å²) in [5.41, 5.74) is 4.04. The maximum atomic E-state index is 12.5. The summed E-state index contributed by atoms with van der Waals surface area (Å²) in [6.07, 6.45) is 11.4.